The van der Waals surface area contributed by atoms with Crippen molar-refractivity contribution in [2.24, 2.45) is 0 Å². The Balaban J connectivity index is 2.00. The first-order valence-electron chi connectivity index (χ1n) is 5.60. The molecule has 0 aliphatic rings. The van der Waals surface area contributed by atoms with Gasteiger partial charge in [-0.1, -0.05) is 46.3 Å². The van der Waals surface area contributed by atoms with Crippen LogP contribution >= 0.6 is 15.9 Å². The fraction of sp³-hybridized carbons (Fsp3) is 0. The molecule has 3 aromatic rings. The van der Waals surface area contributed by atoms with Crippen LogP contribution in [0.15, 0.2) is 69.7 Å². The highest BCUT2D eigenvalue weighted by Gasteiger charge is 2.07. The van der Waals surface area contributed by atoms with Gasteiger partial charge in [0.25, 0.3) is 0 Å². The first-order valence-corrected chi connectivity index (χ1v) is 6.39. The van der Waals surface area contributed by atoms with Gasteiger partial charge in [-0.25, -0.2) is 0 Å². The summed E-state index contributed by atoms with van der Waals surface area (Å²) in [7, 11) is 0. The van der Waals surface area contributed by atoms with Crippen molar-refractivity contribution in [3.05, 3.63) is 65.3 Å². The summed E-state index contributed by atoms with van der Waals surface area (Å²) in [5, 5.41) is 0. The lowest BCUT2D eigenvalue weighted by molar-refractivity contribution is 0.595. The van der Waals surface area contributed by atoms with E-state index in [0.717, 1.165) is 27.3 Å². The Hall–Kier alpha value is -1.87. The highest BCUT2D eigenvalue weighted by molar-refractivity contribution is 9.10. The maximum Gasteiger partial charge on any atom is 0.153 e. The number of halogens is 1. The van der Waals surface area contributed by atoms with Crippen molar-refractivity contribution in [3.8, 4) is 22.8 Å². The van der Waals surface area contributed by atoms with E-state index in [0.29, 0.717) is 0 Å². The van der Waals surface area contributed by atoms with Crippen LogP contribution in [0.3, 0.4) is 0 Å². The van der Waals surface area contributed by atoms with Gasteiger partial charge in [0.2, 0.25) is 0 Å². The number of hydrogen-bond acceptors (Lipinski definition) is 2. The van der Waals surface area contributed by atoms with Crippen LogP contribution in [0.1, 0.15) is 0 Å². The third-order valence-corrected chi connectivity index (χ3v) is 3.13. The van der Waals surface area contributed by atoms with Crippen LogP contribution < -0.4 is 0 Å². The molecule has 0 bridgehead atoms. The largest absolute Gasteiger partial charge is 0.454 e. The molecule has 3 heteroatoms. The van der Waals surface area contributed by atoms with Crippen LogP contribution in [0.2, 0.25) is 0 Å². The van der Waals surface area contributed by atoms with Crippen molar-refractivity contribution >= 4 is 15.9 Å². The molecular weight excluding hydrogens is 290 g/mol. The average molecular weight is 300 g/mol. The lowest BCUT2D eigenvalue weighted by Gasteiger charge is -1.98. The molecule has 2 aromatic heterocycles. The maximum absolute atomic E-state index is 5.83. The molecule has 0 radical (unpaired) electrons. The number of hydrogen-bond donors (Lipinski definition) is 0. The van der Waals surface area contributed by atoms with Gasteiger partial charge in [0.1, 0.15) is 11.5 Å². The van der Waals surface area contributed by atoms with E-state index in [1.54, 1.807) is 6.20 Å². The third-order valence-electron chi connectivity index (χ3n) is 2.64. The minimum Gasteiger partial charge on any atom is -0.454 e. The fourth-order valence-corrected chi connectivity index (χ4v) is 2.11. The van der Waals surface area contributed by atoms with E-state index in [9.17, 15) is 0 Å². The summed E-state index contributed by atoms with van der Waals surface area (Å²) >= 11 is 3.43. The fourth-order valence-electron chi connectivity index (χ4n) is 1.77. The number of rotatable bonds is 2. The molecule has 0 saturated carbocycles. The lowest BCUT2D eigenvalue weighted by atomic mass is 10.2. The molecule has 88 valence electrons. The zero-order chi connectivity index (χ0) is 12.4. The molecule has 3 rings (SSSR count). The van der Waals surface area contributed by atoms with Gasteiger partial charge >= 0.3 is 0 Å². The van der Waals surface area contributed by atoms with Gasteiger partial charge in [-0.3, -0.25) is 4.98 Å². The van der Waals surface area contributed by atoms with Crippen molar-refractivity contribution in [2.75, 3.05) is 0 Å². The van der Waals surface area contributed by atoms with E-state index in [2.05, 4.69) is 20.9 Å². The summed E-state index contributed by atoms with van der Waals surface area (Å²) < 4.78 is 6.82. The Labute approximate surface area is 113 Å². The van der Waals surface area contributed by atoms with Crippen molar-refractivity contribution in [3.63, 3.8) is 0 Å². The van der Waals surface area contributed by atoms with Gasteiger partial charge in [-0.05, 0) is 24.3 Å². The monoisotopic (exact) mass is 299 g/mol. The van der Waals surface area contributed by atoms with Crippen LogP contribution in [0.4, 0.5) is 0 Å². The van der Waals surface area contributed by atoms with E-state index < -0.39 is 0 Å². The number of nitrogens with zero attached hydrogens (tertiary/aromatic N) is 1. The quantitative estimate of drug-likeness (QED) is 0.681. The molecule has 0 N–H and O–H groups in total. The molecule has 1 aromatic carbocycles. The summed E-state index contributed by atoms with van der Waals surface area (Å²) in [6.07, 6.45) is 1.75. The van der Waals surface area contributed by atoms with Crippen molar-refractivity contribution in [1.29, 1.82) is 0 Å². The third kappa shape index (κ3) is 2.22. The molecule has 0 amide bonds. The number of furan rings is 1. The zero-order valence-corrected chi connectivity index (χ0v) is 11.1. The van der Waals surface area contributed by atoms with Gasteiger partial charge in [0, 0.05) is 16.2 Å². The topological polar surface area (TPSA) is 26.0 Å². The van der Waals surface area contributed by atoms with Gasteiger partial charge in [0.05, 0.1) is 0 Å². The van der Waals surface area contributed by atoms with Crippen molar-refractivity contribution in [1.82, 2.24) is 4.98 Å². The standard InChI is InChI=1S/C15H10BrNO/c16-12-8-9-17-13(10-12)15-7-6-14(18-15)11-4-2-1-3-5-11/h1-10H. The molecular formula is C15H10BrNO. The van der Waals surface area contributed by atoms with Crippen molar-refractivity contribution < 1.29 is 4.42 Å². The second-order valence-electron chi connectivity index (χ2n) is 3.89. The van der Waals surface area contributed by atoms with Crippen molar-refractivity contribution in [2.45, 2.75) is 0 Å². The predicted octanol–water partition coefficient (Wildman–Crippen LogP) is 4.77. The van der Waals surface area contributed by atoms with Crippen LogP contribution in [-0.2, 0) is 0 Å². The second kappa shape index (κ2) is 4.78. The summed E-state index contributed by atoms with van der Waals surface area (Å²) in [5.41, 5.74) is 1.89. The summed E-state index contributed by atoms with van der Waals surface area (Å²) in [4.78, 5) is 4.29. The van der Waals surface area contributed by atoms with E-state index >= 15 is 0 Å². The minimum atomic E-state index is 0.773. The Morgan fingerprint density at radius 2 is 1.67 bits per heavy atom. The normalized spacial score (nSPS) is 10.5. The van der Waals surface area contributed by atoms with Crippen LogP contribution in [-0.4, -0.2) is 4.98 Å². The van der Waals surface area contributed by atoms with Gasteiger partial charge < -0.3 is 4.42 Å². The zero-order valence-electron chi connectivity index (χ0n) is 9.51. The molecule has 2 nitrogen and oxygen atoms in total. The van der Waals surface area contributed by atoms with Crippen LogP contribution in [0, 0.1) is 0 Å². The highest BCUT2D eigenvalue weighted by Crippen LogP contribution is 2.28. The van der Waals surface area contributed by atoms with Gasteiger partial charge in [0.15, 0.2) is 5.76 Å². The van der Waals surface area contributed by atoms with Gasteiger partial charge in [-0.15, -0.1) is 0 Å². The Kier molecular flexibility index (Phi) is 2.99. The van der Waals surface area contributed by atoms with E-state index in [-0.39, 0.29) is 0 Å². The maximum atomic E-state index is 5.83. The summed E-state index contributed by atoms with van der Waals surface area (Å²) in [6.45, 7) is 0. The van der Waals surface area contributed by atoms with Crippen LogP contribution in [0.5, 0.6) is 0 Å². The molecule has 18 heavy (non-hydrogen) atoms. The Morgan fingerprint density at radius 3 is 2.44 bits per heavy atom. The summed E-state index contributed by atoms with van der Waals surface area (Å²) in [6, 6.07) is 17.8. The Bertz CT molecular complexity index is 661. The van der Waals surface area contributed by atoms with Crippen LogP contribution in [0.25, 0.3) is 22.8 Å². The first-order chi connectivity index (χ1) is 8.83. The molecule has 0 aliphatic carbocycles. The minimum absolute atomic E-state index is 0.773. The van der Waals surface area contributed by atoms with Gasteiger partial charge in [-0.2, -0.15) is 0 Å². The molecule has 0 saturated heterocycles. The second-order valence-corrected chi connectivity index (χ2v) is 4.80. The number of pyridine rings is 1. The summed E-state index contributed by atoms with van der Waals surface area (Å²) in [5.74, 6) is 1.63. The lowest BCUT2D eigenvalue weighted by Crippen LogP contribution is -1.79. The molecule has 2 heterocycles. The Morgan fingerprint density at radius 1 is 0.889 bits per heavy atom. The highest BCUT2D eigenvalue weighted by atomic mass is 79.9. The number of aromatic nitrogens is 1. The molecule has 0 spiro atoms. The number of benzene rings is 1. The molecule has 0 fully saturated rings. The molecule has 0 aliphatic heterocycles. The average Bonchev–Trinajstić information content (AvgIpc) is 2.89. The molecule has 0 atom stereocenters. The first kappa shape index (κ1) is 11.2. The predicted molar refractivity (Wildman–Crippen MR) is 75.1 cm³/mol. The SMILES string of the molecule is Brc1ccnc(-c2ccc(-c3ccccc3)o2)c1. The smallest absolute Gasteiger partial charge is 0.153 e. The molecule has 0 unspecified atom stereocenters. The van der Waals surface area contributed by atoms with E-state index in [4.69, 9.17) is 4.42 Å². The van der Waals surface area contributed by atoms with E-state index in [1.165, 1.54) is 0 Å². The van der Waals surface area contributed by atoms with E-state index in [1.807, 2.05) is 54.6 Å².